The van der Waals surface area contributed by atoms with E-state index in [0.717, 1.165) is 22.6 Å². The molecule has 0 amide bonds. The minimum Gasteiger partial charge on any atom is -0.544 e. The molecule has 39 heavy (non-hydrogen) atoms. The lowest BCUT2D eigenvalue weighted by atomic mass is 10.2. The molecule has 0 unspecified atom stereocenters. The molecule has 4 rings (SSSR count). The summed E-state index contributed by atoms with van der Waals surface area (Å²) < 4.78 is 31.7. The smallest absolute Gasteiger partial charge is 0.250 e. The van der Waals surface area contributed by atoms with Gasteiger partial charge in [-0.15, -0.1) is 0 Å². The maximum atomic E-state index is 12.9. The number of nitrogens with zero attached hydrogens (tertiary/aromatic N) is 2. The largest absolute Gasteiger partial charge is 0.544 e. The lowest BCUT2D eigenvalue weighted by molar-refractivity contribution is 0.475. The summed E-state index contributed by atoms with van der Waals surface area (Å²) in [5, 5.41) is 9.26. The van der Waals surface area contributed by atoms with Crippen LogP contribution in [0.4, 0.5) is 20.2 Å². The van der Waals surface area contributed by atoms with Gasteiger partial charge < -0.3 is 9.53 Å². The molecule has 0 fully saturated rings. The van der Waals surface area contributed by atoms with Gasteiger partial charge in [-0.25, -0.2) is 8.78 Å². The third-order valence-electron chi connectivity index (χ3n) is 6.33. The highest BCUT2D eigenvalue weighted by atomic mass is 28.4. The van der Waals surface area contributed by atoms with E-state index in [4.69, 9.17) is 9.53 Å². The molecule has 0 aliphatic rings. The number of phenols is 1. The number of halogens is 2. The van der Waals surface area contributed by atoms with Crippen LogP contribution in [0.5, 0.6) is 11.5 Å². The van der Waals surface area contributed by atoms with E-state index in [1.165, 1.54) is 24.3 Å². The van der Waals surface area contributed by atoms with Gasteiger partial charge in [-0.3, -0.25) is 9.98 Å². The molecular formula is C32H34F2N2O2Si. The summed E-state index contributed by atoms with van der Waals surface area (Å²) in [6.45, 7) is 11.1. The molecule has 1 N–H and O–H groups in total. The Morgan fingerprint density at radius 1 is 0.641 bits per heavy atom. The van der Waals surface area contributed by atoms with Crippen LogP contribution in [-0.4, -0.2) is 25.9 Å². The summed E-state index contributed by atoms with van der Waals surface area (Å²) in [5.41, 5.74) is 3.28. The lowest BCUT2D eigenvalue weighted by Gasteiger charge is -2.36. The van der Waals surface area contributed by atoms with Crippen LogP contribution in [0, 0.1) is 11.6 Å². The van der Waals surface area contributed by atoms with Gasteiger partial charge in [0.15, 0.2) is 0 Å². The quantitative estimate of drug-likeness (QED) is 0.194. The van der Waals surface area contributed by atoms with Crippen LogP contribution < -0.4 is 4.43 Å². The van der Waals surface area contributed by atoms with E-state index in [2.05, 4.69) is 43.9 Å². The zero-order valence-corrected chi connectivity index (χ0v) is 23.9. The van der Waals surface area contributed by atoms with E-state index >= 15 is 0 Å². The van der Waals surface area contributed by atoms with E-state index in [1.54, 1.807) is 61.0 Å². The zero-order chi connectivity index (χ0) is 28.5. The Hall–Kier alpha value is -4.10. The lowest BCUT2D eigenvalue weighted by Crippen LogP contribution is -2.43. The summed E-state index contributed by atoms with van der Waals surface area (Å²) in [6.07, 6.45) is 3.43. The Balaban J connectivity index is 0.000000230. The van der Waals surface area contributed by atoms with Gasteiger partial charge in [0.05, 0.1) is 11.4 Å². The Kier molecular flexibility index (Phi) is 9.90. The van der Waals surface area contributed by atoms with Crippen molar-refractivity contribution in [2.75, 3.05) is 0 Å². The van der Waals surface area contributed by atoms with Gasteiger partial charge in [0, 0.05) is 12.4 Å². The number of hydrogen-bond donors (Lipinski definition) is 1. The Morgan fingerprint density at radius 2 is 1.03 bits per heavy atom. The Morgan fingerprint density at radius 3 is 1.41 bits per heavy atom. The van der Waals surface area contributed by atoms with E-state index in [-0.39, 0.29) is 22.4 Å². The summed E-state index contributed by atoms with van der Waals surface area (Å²) in [5.74, 6) is 0.592. The average Bonchev–Trinajstić information content (AvgIpc) is 2.89. The monoisotopic (exact) mass is 544 g/mol. The molecule has 0 saturated carbocycles. The SMILES string of the molecule is CC(C)(C)[Si](C)(C)Oc1ccc(C=Nc2ccc(F)cc2)cc1.Oc1ccc(C=Nc2ccc(F)cc2)cc1. The van der Waals surface area contributed by atoms with Crippen LogP contribution in [0.1, 0.15) is 31.9 Å². The van der Waals surface area contributed by atoms with Crippen LogP contribution in [0.15, 0.2) is 107 Å². The summed E-state index contributed by atoms with van der Waals surface area (Å²) >= 11 is 0. The number of hydrogen-bond acceptors (Lipinski definition) is 4. The molecule has 0 saturated heterocycles. The van der Waals surface area contributed by atoms with E-state index in [9.17, 15) is 8.78 Å². The third-order valence-corrected chi connectivity index (χ3v) is 10.7. The molecule has 0 radical (unpaired) electrons. The molecule has 0 bridgehead atoms. The highest BCUT2D eigenvalue weighted by Gasteiger charge is 2.38. The van der Waals surface area contributed by atoms with Crippen molar-refractivity contribution in [3.63, 3.8) is 0 Å². The molecule has 7 heteroatoms. The summed E-state index contributed by atoms with van der Waals surface area (Å²) in [4.78, 5) is 8.51. The third kappa shape index (κ3) is 9.61. The second-order valence-corrected chi connectivity index (χ2v) is 15.2. The molecule has 0 heterocycles. The zero-order valence-electron chi connectivity index (χ0n) is 22.9. The first-order valence-electron chi connectivity index (χ1n) is 12.6. The predicted molar refractivity (Wildman–Crippen MR) is 160 cm³/mol. The van der Waals surface area contributed by atoms with Gasteiger partial charge in [0.1, 0.15) is 23.1 Å². The average molecular weight is 545 g/mol. The van der Waals surface area contributed by atoms with Crippen LogP contribution in [-0.2, 0) is 0 Å². The van der Waals surface area contributed by atoms with E-state index < -0.39 is 8.32 Å². The van der Waals surface area contributed by atoms with E-state index in [1.807, 2.05) is 24.3 Å². The predicted octanol–water partition coefficient (Wildman–Crippen LogP) is 9.24. The topological polar surface area (TPSA) is 54.2 Å². The molecule has 0 aliphatic carbocycles. The molecule has 202 valence electrons. The normalized spacial score (nSPS) is 11.9. The van der Waals surface area contributed by atoms with Gasteiger partial charge >= 0.3 is 0 Å². The van der Waals surface area contributed by atoms with Gasteiger partial charge in [0.2, 0.25) is 8.32 Å². The van der Waals surface area contributed by atoms with Crippen LogP contribution in [0.3, 0.4) is 0 Å². The van der Waals surface area contributed by atoms with Crippen molar-refractivity contribution in [1.29, 1.82) is 0 Å². The van der Waals surface area contributed by atoms with Crippen molar-refractivity contribution in [3.8, 4) is 11.5 Å². The molecule has 4 aromatic rings. The minimum absolute atomic E-state index is 0.176. The number of aromatic hydroxyl groups is 1. The number of phenolic OH excluding ortho intramolecular Hbond substituents is 1. The molecule has 0 aromatic heterocycles. The molecule has 4 nitrogen and oxygen atoms in total. The second-order valence-electron chi connectivity index (χ2n) is 10.5. The van der Waals surface area contributed by atoms with Crippen molar-refractivity contribution < 1.29 is 18.3 Å². The molecule has 4 aromatic carbocycles. The summed E-state index contributed by atoms with van der Waals surface area (Å²) in [7, 11) is -1.81. The number of aliphatic imine (C=N–C) groups is 2. The van der Waals surface area contributed by atoms with Crippen molar-refractivity contribution >= 4 is 32.1 Å². The fourth-order valence-electron chi connectivity index (χ4n) is 2.98. The highest BCUT2D eigenvalue weighted by molar-refractivity contribution is 6.74. The van der Waals surface area contributed by atoms with Crippen molar-refractivity contribution in [1.82, 2.24) is 0 Å². The van der Waals surface area contributed by atoms with Crippen molar-refractivity contribution in [2.24, 2.45) is 9.98 Å². The molecular weight excluding hydrogens is 510 g/mol. The van der Waals surface area contributed by atoms with E-state index in [0.29, 0.717) is 5.69 Å². The first-order valence-corrected chi connectivity index (χ1v) is 15.5. The maximum absolute atomic E-state index is 12.9. The number of benzene rings is 4. The Labute approximate surface area is 230 Å². The molecule has 0 aliphatic heterocycles. The molecule has 0 atom stereocenters. The molecule has 0 spiro atoms. The van der Waals surface area contributed by atoms with Crippen LogP contribution >= 0.6 is 0 Å². The fourth-order valence-corrected chi connectivity index (χ4v) is 4.01. The second kappa shape index (κ2) is 13.1. The van der Waals surface area contributed by atoms with Gasteiger partial charge in [-0.2, -0.15) is 0 Å². The maximum Gasteiger partial charge on any atom is 0.250 e. The van der Waals surface area contributed by atoms with Gasteiger partial charge in [-0.05, 0) is 126 Å². The van der Waals surface area contributed by atoms with Crippen LogP contribution in [0.2, 0.25) is 18.1 Å². The summed E-state index contributed by atoms with van der Waals surface area (Å²) in [6, 6.07) is 26.7. The van der Waals surface area contributed by atoms with Crippen molar-refractivity contribution in [3.05, 3.63) is 120 Å². The first-order chi connectivity index (χ1) is 18.4. The highest BCUT2D eigenvalue weighted by Crippen LogP contribution is 2.37. The van der Waals surface area contributed by atoms with Gasteiger partial charge in [0.25, 0.3) is 0 Å². The number of rotatable bonds is 6. The fraction of sp³-hybridized carbons (Fsp3) is 0.188. The van der Waals surface area contributed by atoms with Crippen LogP contribution in [0.25, 0.3) is 0 Å². The van der Waals surface area contributed by atoms with Crippen molar-refractivity contribution in [2.45, 2.75) is 38.9 Å². The van der Waals surface area contributed by atoms with Gasteiger partial charge in [-0.1, -0.05) is 20.8 Å². The minimum atomic E-state index is -1.81. The standard InChI is InChI=1S/C19H24FNOSi.C13H10FNO/c1-19(2,3)23(4,5)22-18-12-6-15(7-13-18)14-21-17-10-8-16(20)9-11-17;14-11-3-5-12(6-4-11)15-9-10-1-7-13(16)8-2-10/h6-14H,1-5H3;1-9,16H. The Bertz CT molecular complexity index is 1330. The first kappa shape index (κ1) is 29.5.